The van der Waals surface area contributed by atoms with Crippen LogP contribution < -0.4 is 11.1 Å². The van der Waals surface area contributed by atoms with Crippen LogP contribution in [0.5, 0.6) is 0 Å². The molecule has 3 aliphatic rings. The van der Waals surface area contributed by atoms with Gasteiger partial charge < -0.3 is 16.0 Å². The number of hydrogen-bond acceptors (Lipinski definition) is 3. The maximum atomic E-state index is 12.3. The Morgan fingerprint density at radius 2 is 1.74 bits per heavy atom. The van der Waals surface area contributed by atoms with E-state index >= 15 is 0 Å². The molecule has 5 nitrogen and oxygen atoms in total. The molecule has 3 N–H and O–H groups in total. The number of nitrogens with two attached hydrogens (primary N) is 1. The first-order valence-corrected chi connectivity index (χ1v) is 7.47. The largest absolute Gasteiger partial charge is 0.353 e. The number of nitrogens with zero attached hydrogens (tertiary/aromatic N) is 1. The van der Waals surface area contributed by atoms with E-state index < -0.39 is 5.54 Å². The Hall–Kier alpha value is -1.10. The van der Waals surface area contributed by atoms with Gasteiger partial charge in [0.1, 0.15) is 0 Å². The van der Waals surface area contributed by atoms with Crippen LogP contribution in [-0.2, 0) is 9.59 Å². The average Bonchev–Trinajstić information content (AvgIpc) is 3.20. The number of hydrogen-bond donors (Lipinski definition) is 2. The molecule has 0 aromatic heterocycles. The van der Waals surface area contributed by atoms with Gasteiger partial charge in [-0.3, -0.25) is 9.59 Å². The second kappa shape index (κ2) is 4.78. The maximum absolute atomic E-state index is 12.3. The Morgan fingerprint density at radius 1 is 1.11 bits per heavy atom. The molecule has 1 aliphatic heterocycles. The van der Waals surface area contributed by atoms with E-state index in [1.807, 2.05) is 4.90 Å². The minimum absolute atomic E-state index is 0.116. The van der Waals surface area contributed by atoms with Gasteiger partial charge in [0.15, 0.2) is 0 Å². The summed E-state index contributed by atoms with van der Waals surface area (Å²) in [5, 5.41) is 3.10. The topological polar surface area (TPSA) is 75.4 Å². The second-order valence-electron chi connectivity index (χ2n) is 6.36. The fourth-order valence-electron chi connectivity index (χ4n) is 2.98. The number of rotatable bonds is 3. The van der Waals surface area contributed by atoms with Crippen LogP contribution in [0.3, 0.4) is 0 Å². The monoisotopic (exact) mass is 265 g/mol. The van der Waals surface area contributed by atoms with E-state index in [0.29, 0.717) is 0 Å². The van der Waals surface area contributed by atoms with Crippen LogP contribution in [0.2, 0.25) is 0 Å². The zero-order chi connectivity index (χ0) is 13.5. The van der Waals surface area contributed by atoms with Crippen molar-refractivity contribution in [1.82, 2.24) is 10.2 Å². The highest BCUT2D eigenvalue weighted by Gasteiger charge is 2.43. The summed E-state index contributed by atoms with van der Waals surface area (Å²) in [6.45, 7) is 1.46. The lowest BCUT2D eigenvalue weighted by Crippen LogP contribution is -2.61. The van der Waals surface area contributed by atoms with Crippen molar-refractivity contribution in [3.63, 3.8) is 0 Å². The molecule has 19 heavy (non-hydrogen) atoms. The zero-order valence-electron chi connectivity index (χ0n) is 11.4. The first-order chi connectivity index (χ1) is 9.08. The summed E-state index contributed by atoms with van der Waals surface area (Å²) in [4.78, 5) is 25.8. The van der Waals surface area contributed by atoms with Gasteiger partial charge in [-0.15, -0.1) is 0 Å². The molecule has 3 rings (SSSR count). The molecule has 0 spiro atoms. The van der Waals surface area contributed by atoms with E-state index in [4.69, 9.17) is 5.73 Å². The van der Waals surface area contributed by atoms with Gasteiger partial charge in [-0.2, -0.15) is 0 Å². The van der Waals surface area contributed by atoms with Gasteiger partial charge in [-0.05, 0) is 44.9 Å². The van der Waals surface area contributed by atoms with Crippen molar-refractivity contribution >= 4 is 11.8 Å². The van der Waals surface area contributed by atoms with E-state index in [0.717, 1.165) is 58.0 Å². The van der Waals surface area contributed by atoms with Crippen molar-refractivity contribution in [2.45, 2.75) is 56.5 Å². The van der Waals surface area contributed by atoms with E-state index in [1.165, 1.54) is 0 Å². The second-order valence-corrected chi connectivity index (χ2v) is 6.36. The van der Waals surface area contributed by atoms with E-state index in [9.17, 15) is 9.59 Å². The first kappa shape index (κ1) is 12.9. The highest BCUT2D eigenvalue weighted by atomic mass is 16.2. The molecular weight excluding hydrogens is 242 g/mol. The number of piperidine rings is 1. The predicted molar refractivity (Wildman–Crippen MR) is 71.2 cm³/mol. The molecule has 2 aliphatic carbocycles. The van der Waals surface area contributed by atoms with Crippen LogP contribution in [0.15, 0.2) is 0 Å². The van der Waals surface area contributed by atoms with Crippen LogP contribution in [0, 0.1) is 5.92 Å². The van der Waals surface area contributed by atoms with Crippen LogP contribution in [0.4, 0.5) is 0 Å². The number of nitrogens with one attached hydrogen (secondary N) is 1. The molecule has 106 valence electrons. The van der Waals surface area contributed by atoms with Crippen molar-refractivity contribution < 1.29 is 9.59 Å². The normalized spacial score (nSPS) is 26.7. The lowest BCUT2D eigenvalue weighted by atomic mass is 9.76. The number of carbonyl (C=O) groups is 2. The number of likely N-dealkylation sites (tertiary alicyclic amines) is 1. The molecule has 2 saturated carbocycles. The molecule has 3 fully saturated rings. The predicted octanol–water partition coefficient (Wildman–Crippen LogP) is 0.385. The van der Waals surface area contributed by atoms with Crippen molar-refractivity contribution in [2.75, 3.05) is 13.1 Å². The Balaban J connectivity index is 1.46. The summed E-state index contributed by atoms with van der Waals surface area (Å²) in [7, 11) is 0. The van der Waals surface area contributed by atoms with Gasteiger partial charge in [0, 0.05) is 25.0 Å². The SMILES string of the molecule is NC1(C(=O)N2CCC(NC(=O)C3CC3)CC2)CCC1. The Morgan fingerprint density at radius 3 is 2.21 bits per heavy atom. The van der Waals surface area contributed by atoms with Crippen LogP contribution in [-0.4, -0.2) is 41.4 Å². The van der Waals surface area contributed by atoms with Gasteiger partial charge in [0.25, 0.3) is 0 Å². The maximum Gasteiger partial charge on any atom is 0.242 e. The van der Waals surface area contributed by atoms with Crippen LogP contribution in [0.1, 0.15) is 44.9 Å². The Kier molecular flexibility index (Phi) is 3.25. The highest BCUT2D eigenvalue weighted by molar-refractivity contribution is 5.87. The lowest BCUT2D eigenvalue weighted by Gasteiger charge is -2.42. The molecule has 0 radical (unpaired) electrons. The molecule has 0 aromatic carbocycles. The highest BCUT2D eigenvalue weighted by Crippen LogP contribution is 2.32. The molecule has 0 atom stereocenters. The fourth-order valence-corrected chi connectivity index (χ4v) is 2.98. The lowest BCUT2D eigenvalue weighted by molar-refractivity contribution is -0.141. The number of carbonyl (C=O) groups excluding carboxylic acids is 2. The Bertz CT molecular complexity index is 380. The molecule has 1 saturated heterocycles. The van der Waals surface area contributed by atoms with Gasteiger partial charge in [0.05, 0.1) is 5.54 Å². The van der Waals surface area contributed by atoms with Crippen molar-refractivity contribution in [1.29, 1.82) is 0 Å². The van der Waals surface area contributed by atoms with Crippen molar-refractivity contribution in [3.8, 4) is 0 Å². The van der Waals surface area contributed by atoms with Crippen LogP contribution >= 0.6 is 0 Å². The fraction of sp³-hybridized carbons (Fsp3) is 0.857. The summed E-state index contributed by atoms with van der Waals surface area (Å²) in [6.07, 6.45) is 6.52. The molecular formula is C14H23N3O2. The quantitative estimate of drug-likeness (QED) is 0.775. The smallest absolute Gasteiger partial charge is 0.242 e. The summed E-state index contributed by atoms with van der Waals surface area (Å²) >= 11 is 0. The third-order valence-corrected chi connectivity index (χ3v) is 4.75. The van der Waals surface area contributed by atoms with Gasteiger partial charge in [0.2, 0.25) is 11.8 Å². The standard InChI is InChI=1S/C14H23N3O2/c15-14(6-1-7-14)13(19)17-8-4-11(5-9-17)16-12(18)10-2-3-10/h10-11H,1-9,15H2,(H,16,18). The summed E-state index contributed by atoms with van der Waals surface area (Å²) in [5.41, 5.74) is 5.50. The molecule has 0 aromatic rings. The Labute approximate surface area is 113 Å². The van der Waals surface area contributed by atoms with E-state index in [-0.39, 0.29) is 23.8 Å². The number of amides is 2. The molecule has 0 unspecified atom stereocenters. The summed E-state index contributed by atoms with van der Waals surface area (Å²) < 4.78 is 0. The van der Waals surface area contributed by atoms with Crippen LogP contribution in [0.25, 0.3) is 0 Å². The molecule has 5 heteroatoms. The third-order valence-electron chi connectivity index (χ3n) is 4.75. The zero-order valence-corrected chi connectivity index (χ0v) is 11.4. The average molecular weight is 265 g/mol. The summed E-state index contributed by atoms with van der Waals surface area (Å²) in [5.74, 6) is 0.590. The molecule has 0 bridgehead atoms. The minimum atomic E-state index is -0.579. The van der Waals surface area contributed by atoms with Gasteiger partial charge in [-0.1, -0.05) is 0 Å². The van der Waals surface area contributed by atoms with Gasteiger partial charge in [-0.25, -0.2) is 0 Å². The molecule has 1 heterocycles. The summed E-state index contributed by atoms with van der Waals surface area (Å²) in [6, 6.07) is 0.243. The third kappa shape index (κ3) is 2.61. The minimum Gasteiger partial charge on any atom is -0.353 e. The van der Waals surface area contributed by atoms with Gasteiger partial charge >= 0.3 is 0 Å². The molecule has 2 amide bonds. The van der Waals surface area contributed by atoms with E-state index in [1.54, 1.807) is 0 Å². The van der Waals surface area contributed by atoms with Crippen molar-refractivity contribution in [3.05, 3.63) is 0 Å². The van der Waals surface area contributed by atoms with Crippen molar-refractivity contribution in [2.24, 2.45) is 11.7 Å². The van der Waals surface area contributed by atoms with E-state index in [2.05, 4.69) is 5.32 Å². The first-order valence-electron chi connectivity index (χ1n) is 7.47.